The maximum atomic E-state index is 12.3. The van der Waals surface area contributed by atoms with E-state index in [0.29, 0.717) is 0 Å². The number of rotatable bonds is 5. The zero-order chi connectivity index (χ0) is 18.6. The number of hydrogen-bond donors (Lipinski definition) is 1. The van der Waals surface area contributed by atoms with E-state index < -0.39 is 0 Å². The lowest BCUT2D eigenvalue weighted by molar-refractivity contribution is -0.123. The van der Waals surface area contributed by atoms with E-state index in [0.717, 1.165) is 16.9 Å². The Balaban J connectivity index is 1.98. The fourth-order valence-electron chi connectivity index (χ4n) is 2.76. The Morgan fingerprint density at radius 1 is 1.08 bits per heavy atom. The first-order valence-corrected chi connectivity index (χ1v) is 8.77. The minimum Gasteiger partial charge on any atom is -0.483 e. The molecule has 0 spiro atoms. The lowest BCUT2D eigenvalue weighted by Crippen LogP contribution is -2.31. The van der Waals surface area contributed by atoms with Gasteiger partial charge in [0, 0.05) is 0 Å². The SMILES string of the molecule is Cc1ccc([C@@H](C)NC(=O)COc2ccccc2C(C)(C)C)cc1C. The van der Waals surface area contributed by atoms with Gasteiger partial charge in [-0.3, -0.25) is 4.79 Å². The van der Waals surface area contributed by atoms with Crippen molar-refractivity contribution in [2.75, 3.05) is 6.61 Å². The lowest BCUT2D eigenvalue weighted by Gasteiger charge is -2.23. The molecule has 0 aliphatic heterocycles. The van der Waals surface area contributed by atoms with Crippen LogP contribution in [0.15, 0.2) is 42.5 Å². The molecule has 0 saturated carbocycles. The van der Waals surface area contributed by atoms with Crippen molar-refractivity contribution in [2.24, 2.45) is 0 Å². The Morgan fingerprint density at radius 3 is 2.40 bits per heavy atom. The van der Waals surface area contributed by atoms with Gasteiger partial charge in [0.2, 0.25) is 0 Å². The molecule has 0 aromatic heterocycles. The van der Waals surface area contributed by atoms with Gasteiger partial charge in [-0.1, -0.05) is 57.2 Å². The predicted octanol–water partition coefficient (Wildman–Crippen LogP) is 4.86. The maximum absolute atomic E-state index is 12.3. The first kappa shape index (κ1) is 19.0. The minimum absolute atomic E-state index is 0.0161. The van der Waals surface area contributed by atoms with Crippen molar-refractivity contribution in [3.63, 3.8) is 0 Å². The Morgan fingerprint density at radius 2 is 1.76 bits per heavy atom. The molecule has 2 aromatic carbocycles. The molecule has 3 heteroatoms. The first-order valence-electron chi connectivity index (χ1n) is 8.77. The molecule has 0 saturated heterocycles. The van der Waals surface area contributed by atoms with Crippen LogP contribution in [0.5, 0.6) is 5.75 Å². The Bertz CT molecular complexity index is 744. The molecule has 1 amide bonds. The number of ether oxygens (including phenoxy) is 1. The van der Waals surface area contributed by atoms with Crippen LogP contribution in [0.25, 0.3) is 0 Å². The summed E-state index contributed by atoms with van der Waals surface area (Å²) in [5.41, 5.74) is 4.66. The van der Waals surface area contributed by atoms with E-state index >= 15 is 0 Å². The molecule has 0 fully saturated rings. The van der Waals surface area contributed by atoms with Gasteiger partial charge in [-0.25, -0.2) is 0 Å². The molecular formula is C22H29NO2. The highest BCUT2D eigenvalue weighted by Crippen LogP contribution is 2.30. The van der Waals surface area contributed by atoms with Gasteiger partial charge in [0.05, 0.1) is 6.04 Å². The molecule has 1 atom stereocenters. The van der Waals surface area contributed by atoms with Gasteiger partial charge in [-0.15, -0.1) is 0 Å². The number of hydrogen-bond acceptors (Lipinski definition) is 2. The van der Waals surface area contributed by atoms with Crippen molar-refractivity contribution >= 4 is 5.91 Å². The second kappa shape index (κ2) is 7.73. The van der Waals surface area contributed by atoms with Gasteiger partial charge in [-0.05, 0) is 54.5 Å². The van der Waals surface area contributed by atoms with Crippen LogP contribution in [-0.4, -0.2) is 12.5 Å². The van der Waals surface area contributed by atoms with E-state index in [4.69, 9.17) is 4.74 Å². The van der Waals surface area contributed by atoms with E-state index in [1.54, 1.807) is 0 Å². The predicted molar refractivity (Wildman–Crippen MR) is 103 cm³/mol. The summed E-state index contributed by atoms with van der Waals surface area (Å²) in [5.74, 6) is 0.651. The monoisotopic (exact) mass is 339 g/mol. The number of amides is 1. The topological polar surface area (TPSA) is 38.3 Å². The third-order valence-corrected chi connectivity index (χ3v) is 4.46. The zero-order valence-electron chi connectivity index (χ0n) is 16.1. The van der Waals surface area contributed by atoms with E-state index in [-0.39, 0.29) is 24.0 Å². The summed E-state index contributed by atoms with van der Waals surface area (Å²) in [6.07, 6.45) is 0. The molecule has 3 nitrogen and oxygen atoms in total. The molecular weight excluding hydrogens is 310 g/mol. The molecule has 0 unspecified atom stereocenters. The van der Waals surface area contributed by atoms with Gasteiger partial charge >= 0.3 is 0 Å². The number of aryl methyl sites for hydroxylation is 2. The van der Waals surface area contributed by atoms with Crippen molar-refractivity contribution in [3.8, 4) is 5.75 Å². The van der Waals surface area contributed by atoms with Crippen LogP contribution < -0.4 is 10.1 Å². The first-order chi connectivity index (χ1) is 11.7. The van der Waals surface area contributed by atoms with Crippen LogP contribution in [0.3, 0.4) is 0 Å². The van der Waals surface area contributed by atoms with Crippen molar-refractivity contribution in [3.05, 3.63) is 64.7 Å². The second-order valence-corrected chi connectivity index (χ2v) is 7.67. The molecule has 2 aromatic rings. The van der Waals surface area contributed by atoms with E-state index in [1.807, 2.05) is 31.2 Å². The molecule has 1 N–H and O–H groups in total. The average molecular weight is 339 g/mol. The molecule has 0 bridgehead atoms. The third kappa shape index (κ3) is 5.09. The van der Waals surface area contributed by atoms with E-state index in [2.05, 4.69) is 58.1 Å². The van der Waals surface area contributed by atoms with Crippen molar-refractivity contribution in [1.82, 2.24) is 5.32 Å². The highest BCUT2D eigenvalue weighted by atomic mass is 16.5. The summed E-state index contributed by atoms with van der Waals surface area (Å²) in [7, 11) is 0. The summed E-state index contributed by atoms with van der Waals surface area (Å²) >= 11 is 0. The number of benzene rings is 2. The van der Waals surface area contributed by atoms with E-state index in [1.165, 1.54) is 11.1 Å². The summed E-state index contributed by atoms with van der Waals surface area (Å²) < 4.78 is 5.79. The van der Waals surface area contributed by atoms with Gasteiger partial charge in [0.1, 0.15) is 5.75 Å². The molecule has 0 aliphatic carbocycles. The quantitative estimate of drug-likeness (QED) is 0.845. The average Bonchev–Trinajstić information content (AvgIpc) is 2.54. The molecule has 2 rings (SSSR count). The largest absolute Gasteiger partial charge is 0.483 e. The highest BCUT2D eigenvalue weighted by Gasteiger charge is 2.19. The Kier molecular flexibility index (Phi) is 5.89. The Hall–Kier alpha value is -2.29. The minimum atomic E-state index is -0.116. The van der Waals surface area contributed by atoms with Crippen LogP contribution in [0.1, 0.15) is 56.0 Å². The molecule has 0 aliphatic rings. The van der Waals surface area contributed by atoms with Crippen LogP contribution in [-0.2, 0) is 10.2 Å². The fourth-order valence-corrected chi connectivity index (χ4v) is 2.76. The van der Waals surface area contributed by atoms with Crippen LogP contribution >= 0.6 is 0 Å². The van der Waals surface area contributed by atoms with Gasteiger partial charge < -0.3 is 10.1 Å². The normalized spacial score (nSPS) is 12.6. The fraction of sp³-hybridized carbons (Fsp3) is 0.409. The molecule has 25 heavy (non-hydrogen) atoms. The lowest BCUT2D eigenvalue weighted by atomic mass is 9.86. The standard InChI is InChI=1S/C22H29NO2/c1-15-11-12-18(13-16(15)2)17(3)23-21(24)14-25-20-10-8-7-9-19(20)22(4,5)6/h7-13,17H,14H2,1-6H3,(H,23,24)/t17-/m1/s1. The van der Waals surface area contributed by atoms with Crippen LogP contribution in [0.2, 0.25) is 0 Å². The summed E-state index contributed by atoms with van der Waals surface area (Å²) in [6, 6.07) is 14.1. The summed E-state index contributed by atoms with van der Waals surface area (Å²) in [4.78, 5) is 12.3. The number of carbonyl (C=O) groups is 1. The maximum Gasteiger partial charge on any atom is 0.258 e. The number of carbonyl (C=O) groups excluding carboxylic acids is 1. The van der Waals surface area contributed by atoms with Gasteiger partial charge in [0.25, 0.3) is 5.91 Å². The number of nitrogens with one attached hydrogen (secondary N) is 1. The second-order valence-electron chi connectivity index (χ2n) is 7.67. The highest BCUT2D eigenvalue weighted by molar-refractivity contribution is 5.78. The number of para-hydroxylation sites is 1. The zero-order valence-corrected chi connectivity index (χ0v) is 16.1. The third-order valence-electron chi connectivity index (χ3n) is 4.46. The molecule has 0 radical (unpaired) electrons. The smallest absolute Gasteiger partial charge is 0.258 e. The van der Waals surface area contributed by atoms with Crippen LogP contribution in [0, 0.1) is 13.8 Å². The van der Waals surface area contributed by atoms with Crippen LogP contribution in [0.4, 0.5) is 0 Å². The van der Waals surface area contributed by atoms with Crippen molar-refractivity contribution < 1.29 is 9.53 Å². The Labute approximate surface area is 151 Å². The molecule has 134 valence electrons. The summed E-state index contributed by atoms with van der Waals surface area (Å²) in [6.45, 7) is 12.6. The van der Waals surface area contributed by atoms with Gasteiger partial charge in [0.15, 0.2) is 6.61 Å². The van der Waals surface area contributed by atoms with Gasteiger partial charge in [-0.2, -0.15) is 0 Å². The van der Waals surface area contributed by atoms with Crippen molar-refractivity contribution in [1.29, 1.82) is 0 Å². The van der Waals surface area contributed by atoms with Crippen molar-refractivity contribution in [2.45, 2.75) is 53.0 Å². The summed E-state index contributed by atoms with van der Waals surface area (Å²) in [5, 5.41) is 3.01. The molecule has 0 heterocycles. The van der Waals surface area contributed by atoms with E-state index in [9.17, 15) is 4.79 Å².